The van der Waals surface area contributed by atoms with Crippen molar-refractivity contribution in [3.8, 4) is 0 Å². The van der Waals surface area contributed by atoms with Gasteiger partial charge in [-0.15, -0.1) is 0 Å². The number of H-pyrrole nitrogens is 1. The van der Waals surface area contributed by atoms with Crippen LogP contribution in [0.5, 0.6) is 0 Å². The number of nitrogens with one attached hydrogen (secondary N) is 5. The monoisotopic (exact) mass is 707 g/mol. The Balaban J connectivity index is 1.31. The molecule has 0 saturated carbocycles. The van der Waals surface area contributed by atoms with Gasteiger partial charge in [0.25, 0.3) is 0 Å². The maximum Gasteiger partial charge on any atom is 0.326 e. The Labute approximate surface area is 298 Å². The van der Waals surface area contributed by atoms with Crippen molar-refractivity contribution in [2.75, 3.05) is 19.6 Å². The summed E-state index contributed by atoms with van der Waals surface area (Å²) in [4.78, 5) is 86.9. The maximum atomic E-state index is 14.4. The van der Waals surface area contributed by atoms with Gasteiger partial charge in [0.2, 0.25) is 29.5 Å². The van der Waals surface area contributed by atoms with Crippen LogP contribution in [0.1, 0.15) is 78.2 Å². The predicted octanol–water partition coefficient (Wildman–Crippen LogP) is 1.69. The van der Waals surface area contributed by atoms with E-state index in [2.05, 4.69) is 26.3 Å². The van der Waals surface area contributed by atoms with E-state index in [1.165, 1.54) is 4.90 Å². The molecular weight excluding hydrogens is 654 g/mol. The van der Waals surface area contributed by atoms with Crippen molar-refractivity contribution in [1.82, 2.24) is 36.1 Å². The summed E-state index contributed by atoms with van der Waals surface area (Å²) in [6.07, 6.45) is 5.93. The van der Waals surface area contributed by atoms with Crippen LogP contribution in [0.3, 0.4) is 0 Å². The molecule has 3 aliphatic heterocycles. The quantitative estimate of drug-likeness (QED) is 0.171. The summed E-state index contributed by atoms with van der Waals surface area (Å²) in [6, 6.07) is 2.74. The maximum absolute atomic E-state index is 14.4. The van der Waals surface area contributed by atoms with Gasteiger partial charge in [-0.05, 0) is 75.0 Å². The molecule has 6 atom stereocenters. The van der Waals surface area contributed by atoms with E-state index in [1.807, 2.05) is 44.3 Å². The van der Waals surface area contributed by atoms with Crippen LogP contribution < -0.4 is 21.3 Å². The van der Waals surface area contributed by atoms with E-state index in [0.717, 1.165) is 29.4 Å². The number of aliphatic carboxylic acids is 1. The highest BCUT2D eigenvalue weighted by molar-refractivity contribution is 5.97. The summed E-state index contributed by atoms with van der Waals surface area (Å²) in [7, 11) is 0. The van der Waals surface area contributed by atoms with E-state index in [1.54, 1.807) is 18.7 Å². The van der Waals surface area contributed by atoms with Gasteiger partial charge in [0.05, 0.1) is 6.04 Å². The minimum atomic E-state index is -1.16. The van der Waals surface area contributed by atoms with Gasteiger partial charge in [-0.3, -0.25) is 24.0 Å². The third-order valence-electron chi connectivity index (χ3n) is 10.3. The lowest BCUT2D eigenvalue weighted by atomic mass is 10.00. The first-order valence-electron chi connectivity index (χ1n) is 18.4. The molecular formula is C37H53N7O7. The second-order valence-electron chi connectivity index (χ2n) is 14.9. The van der Waals surface area contributed by atoms with E-state index in [-0.39, 0.29) is 48.4 Å². The number of fused-ring (bicyclic) bond motifs is 1. The Hall–Kier alpha value is -4.46. The fourth-order valence-corrected chi connectivity index (χ4v) is 7.62. The van der Waals surface area contributed by atoms with Crippen LogP contribution >= 0.6 is 0 Å². The van der Waals surface area contributed by atoms with Crippen molar-refractivity contribution in [2.45, 2.75) is 115 Å². The zero-order valence-corrected chi connectivity index (χ0v) is 30.1. The van der Waals surface area contributed by atoms with E-state index in [0.29, 0.717) is 45.2 Å². The van der Waals surface area contributed by atoms with E-state index >= 15 is 0 Å². The Morgan fingerprint density at radius 2 is 1.53 bits per heavy atom. The van der Waals surface area contributed by atoms with Crippen molar-refractivity contribution >= 4 is 46.4 Å². The molecule has 14 heteroatoms. The lowest BCUT2D eigenvalue weighted by molar-refractivity contribution is -0.148. The molecule has 51 heavy (non-hydrogen) atoms. The van der Waals surface area contributed by atoms with Crippen molar-refractivity contribution in [3.63, 3.8) is 0 Å². The number of para-hydroxylation sites is 1. The van der Waals surface area contributed by atoms with Gasteiger partial charge in [-0.1, -0.05) is 45.9 Å². The van der Waals surface area contributed by atoms with Crippen LogP contribution in [0.25, 0.3) is 10.9 Å². The number of aromatic amines is 1. The van der Waals surface area contributed by atoms with Crippen LogP contribution in [0.15, 0.2) is 30.5 Å². The fraction of sp³-hybridized carbons (Fsp3) is 0.622. The van der Waals surface area contributed by atoms with Crippen LogP contribution in [-0.2, 0) is 35.2 Å². The van der Waals surface area contributed by atoms with Crippen LogP contribution in [0, 0.1) is 11.8 Å². The van der Waals surface area contributed by atoms with Crippen molar-refractivity contribution in [1.29, 1.82) is 0 Å². The molecule has 0 spiro atoms. The van der Waals surface area contributed by atoms with Crippen molar-refractivity contribution in [2.24, 2.45) is 11.8 Å². The van der Waals surface area contributed by atoms with Crippen LogP contribution in [0.4, 0.5) is 0 Å². The Kier molecular flexibility index (Phi) is 12.4. The highest BCUT2D eigenvalue weighted by Crippen LogP contribution is 2.27. The van der Waals surface area contributed by atoms with Gasteiger partial charge in [0.15, 0.2) is 0 Å². The number of benzene rings is 1. The first-order chi connectivity index (χ1) is 24.3. The summed E-state index contributed by atoms with van der Waals surface area (Å²) in [6.45, 7) is 8.60. The molecule has 0 radical (unpaired) electrons. The zero-order chi connectivity index (χ0) is 36.8. The number of carboxylic acids is 1. The fourth-order valence-electron chi connectivity index (χ4n) is 7.62. The lowest BCUT2D eigenvalue weighted by Gasteiger charge is -2.33. The SMILES string of the molecule is CC(C)C[C@H](NC(=O)[C@@H]1CCCN1C(=O)[C@@H]1CCCN1C(=O)[C@H](Cc1c[nH]c2ccccc12)NC(=O)[C@@H]1CCCN1)C(=O)N[C@H](C(=O)O)C(C)C. The molecule has 0 unspecified atom stereocenters. The molecule has 5 rings (SSSR count). The molecule has 6 N–H and O–H groups in total. The van der Waals surface area contributed by atoms with E-state index < -0.39 is 48.0 Å². The number of nitrogens with zero attached hydrogens (tertiary/aromatic N) is 2. The third kappa shape index (κ3) is 8.89. The number of hydrogen-bond acceptors (Lipinski definition) is 7. The van der Waals surface area contributed by atoms with Gasteiger partial charge in [-0.25, -0.2) is 4.79 Å². The molecule has 0 bridgehead atoms. The van der Waals surface area contributed by atoms with Crippen LogP contribution in [-0.4, -0.2) is 111 Å². The molecule has 4 heterocycles. The average Bonchev–Trinajstić information content (AvgIpc) is 3.92. The smallest absolute Gasteiger partial charge is 0.326 e. The highest BCUT2D eigenvalue weighted by Gasteiger charge is 2.44. The molecule has 5 amide bonds. The van der Waals surface area contributed by atoms with Crippen LogP contribution in [0.2, 0.25) is 0 Å². The van der Waals surface area contributed by atoms with E-state index in [9.17, 15) is 33.9 Å². The Morgan fingerprint density at radius 1 is 0.843 bits per heavy atom. The second kappa shape index (κ2) is 16.7. The van der Waals surface area contributed by atoms with Gasteiger partial charge in [-0.2, -0.15) is 0 Å². The van der Waals surface area contributed by atoms with Gasteiger partial charge in [0.1, 0.15) is 30.2 Å². The van der Waals surface area contributed by atoms with E-state index in [4.69, 9.17) is 0 Å². The zero-order valence-electron chi connectivity index (χ0n) is 30.1. The van der Waals surface area contributed by atoms with Crippen molar-refractivity contribution < 1.29 is 33.9 Å². The standard InChI is InChI=1S/C37H53N7O7/c1-21(2)18-27(33(46)42-31(22(3)4)37(50)51)40-34(47)29-13-8-16-43(29)36(49)30-14-9-17-44(30)35(48)28(41-32(45)26-12-7-15-38-26)19-23-20-39-25-11-6-5-10-24(23)25/h5-6,10-11,20-22,26-31,38-39H,7-9,12-19H2,1-4H3,(H,40,47)(H,41,45)(H,42,46)(H,50,51)/t26-,27-,28-,29-,30-,31-/m0/s1. The first kappa shape index (κ1) is 37.8. The Morgan fingerprint density at radius 3 is 2.20 bits per heavy atom. The first-order valence-corrected chi connectivity index (χ1v) is 18.4. The summed E-state index contributed by atoms with van der Waals surface area (Å²) >= 11 is 0. The number of rotatable bonds is 14. The number of carboxylic acid groups (broad SMARTS) is 1. The summed E-state index contributed by atoms with van der Waals surface area (Å²) in [5, 5.41) is 22.1. The second-order valence-corrected chi connectivity index (χ2v) is 14.9. The molecule has 3 saturated heterocycles. The minimum Gasteiger partial charge on any atom is -0.480 e. The molecule has 278 valence electrons. The molecule has 1 aromatic carbocycles. The Bertz CT molecular complexity index is 1600. The number of amides is 5. The number of likely N-dealkylation sites (tertiary alicyclic amines) is 2. The molecule has 3 aliphatic rings. The largest absolute Gasteiger partial charge is 0.480 e. The average molecular weight is 708 g/mol. The molecule has 0 aliphatic carbocycles. The predicted molar refractivity (Wildman–Crippen MR) is 190 cm³/mol. The number of carbonyl (C=O) groups excluding carboxylic acids is 5. The third-order valence-corrected chi connectivity index (χ3v) is 10.3. The number of hydrogen-bond donors (Lipinski definition) is 6. The molecule has 2 aromatic rings. The van der Waals surface area contributed by atoms with Crippen molar-refractivity contribution in [3.05, 3.63) is 36.0 Å². The molecule has 1 aromatic heterocycles. The van der Waals surface area contributed by atoms with Gasteiger partial charge < -0.3 is 41.2 Å². The highest BCUT2D eigenvalue weighted by atomic mass is 16.4. The molecule has 3 fully saturated rings. The minimum absolute atomic E-state index is 0.0184. The van der Waals surface area contributed by atoms with Gasteiger partial charge in [0, 0.05) is 36.6 Å². The topological polar surface area (TPSA) is 193 Å². The lowest BCUT2D eigenvalue weighted by Crippen LogP contribution is -2.59. The normalized spacial score (nSPS) is 22.3. The summed E-state index contributed by atoms with van der Waals surface area (Å²) in [5.74, 6) is -3.48. The number of aromatic nitrogens is 1. The van der Waals surface area contributed by atoms with Gasteiger partial charge >= 0.3 is 5.97 Å². The molecule has 14 nitrogen and oxygen atoms in total. The number of carbonyl (C=O) groups is 6. The summed E-state index contributed by atoms with van der Waals surface area (Å²) < 4.78 is 0. The summed E-state index contributed by atoms with van der Waals surface area (Å²) in [5.41, 5.74) is 1.80.